The highest BCUT2D eigenvalue weighted by atomic mass is 79.9. The Hall–Kier alpha value is -0.450. The molecule has 2 rings (SSSR count). The van der Waals surface area contributed by atoms with E-state index in [0.29, 0.717) is 12.6 Å². The van der Waals surface area contributed by atoms with E-state index >= 15 is 0 Å². The first-order valence-corrected chi connectivity index (χ1v) is 7.76. The van der Waals surface area contributed by atoms with Crippen LogP contribution in [-0.2, 0) is 11.3 Å². The van der Waals surface area contributed by atoms with E-state index in [1.54, 1.807) is 0 Å². The molecule has 0 saturated carbocycles. The van der Waals surface area contributed by atoms with Crippen LogP contribution >= 0.6 is 15.9 Å². The maximum atomic E-state index is 13.8. The van der Waals surface area contributed by atoms with Gasteiger partial charge in [-0.05, 0) is 37.9 Å². The van der Waals surface area contributed by atoms with Crippen LogP contribution in [0.2, 0.25) is 0 Å². The molecule has 1 fully saturated rings. The lowest BCUT2D eigenvalue weighted by Crippen LogP contribution is -2.39. The van der Waals surface area contributed by atoms with Gasteiger partial charge < -0.3 is 4.74 Å². The van der Waals surface area contributed by atoms with Crippen molar-refractivity contribution in [2.24, 2.45) is 0 Å². The summed E-state index contributed by atoms with van der Waals surface area (Å²) in [7, 11) is 0. The third-order valence-corrected chi connectivity index (χ3v) is 3.92. The van der Waals surface area contributed by atoms with Gasteiger partial charge in [0.25, 0.3) is 0 Å². The van der Waals surface area contributed by atoms with Crippen molar-refractivity contribution in [2.75, 3.05) is 19.7 Å². The van der Waals surface area contributed by atoms with Gasteiger partial charge in [-0.15, -0.1) is 0 Å². The van der Waals surface area contributed by atoms with Gasteiger partial charge in [0.1, 0.15) is 5.82 Å². The third-order valence-electron chi connectivity index (χ3n) is 3.43. The van der Waals surface area contributed by atoms with E-state index in [-0.39, 0.29) is 5.82 Å². The maximum absolute atomic E-state index is 13.8. The quantitative estimate of drug-likeness (QED) is 0.810. The monoisotopic (exact) mass is 329 g/mol. The van der Waals surface area contributed by atoms with Gasteiger partial charge in [-0.2, -0.15) is 0 Å². The van der Waals surface area contributed by atoms with Gasteiger partial charge in [0.15, 0.2) is 0 Å². The van der Waals surface area contributed by atoms with Gasteiger partial charge in [-0.1, -0.05) is 28.9 Å². The number of rotatable bonds is 5. The van der Waals surface area contributed by atoms with Crippen molar-refractivity contribution in [1.29, 1.82) is 0 Å². The molecule has 106 valence electrons. The van der Waals surface area contributed by atoms with E-state index in [1.165, 1.54) is 6.07 Å². The van der Waals surface area contributed by atoms with Crippen molar-refractivity contribution >= 4 is 15.9 Å². The average Bonchev–Trinajstić information content (AvgIpc) is 2.40. The molecule has 1 aromatic rings. The van der Waals surface area contributed by atoms with E-state index in [1.807, 2.05) is 12.1 Å². The number of halogens is 2. The molecule has 0 radical (unpaired) electrons. The summed E-state index contributed by atoms with van der Waals surface area (Å²) >= 11 is 3.29. The summed E-state index contributed by atoms with van der Waals surface area (Å²) in [5.74, 6) is -0.133. The highest BCUT2D eigenvalue weighted by molar-refractivity contribution is 9.10. The van der Waals surface area contributed by atoms with Crippen LogP contribution in [0.25, 0.3) is 0 Å². The first kappa shape index (κ1) is 14.9. The minimum atomic E-state index is -0.133. The Kier molecular flexibility index (Phi) is 5.79. The van der Waals surface area contributed by atoms with Crippen LogP contribution in [0.15, 0.2) is 22.7 Å². The molecular weight excluding hydrogens is 309 g/mol. The van der Waals surface area contributed by atoms with Gasteiger partial charge in [0, 0.05) is 29.7 Å². The SMILES string of the molecule is CCCOC1CCCN(Cc2ccc(Br)cc2F)C1. The van der Waals surface area contributed by atoms with E-state index in [9.17, 15) is 4.39 Å². The van der Waals surface area contributed by atoms with E-state index in [4.69, 9.17) is 4.74 Å². The van der Waals surface area contributed by atoms with E-state index < -0.39 is 0 Å². The molecule has 1 saturated heterocycles. The molecule has 4 heteroatoms. The minimum Gasteiger partial charge on any atom is -0.377 e. The Labute approximate surface area is 123 Å². The summed E-state index contributed by atoms with van der Waals surface area (Å²) in [6.45, 7) is 5.56. The summed E-state index contributed by atoms with van der Waals surface area (Å²) in [5, 5.41) is 0. The normalized spacial score (nSPS) is 20.7. The number of piperidine rings is 1. The summed E-state index contributed by atoms with van der Waals surface area (Å²) < 4.78 is 20.4. The predicted molar refractivity (Wildman–Crippen MR) is 78.6 cm³/mol. The Bertz CT molecular complexity index is 413. The summed E-state index contributed by atoms with van der Waals surface area (Å²) in [4.78, 5) is 2.29. The molecule has 2 nitrogen and oxygen atoms in total. The second kappa shape index (κ2) is 7.36. The highest BCUT2D eigenvalue weighted by Gasteiger charge is 2.21. The molecule has 1 aromatic carbocycles. The fourth-order valence-corrected chi connectivity index (χ4v) is 2.80. The third kappa shape index (κ3) is 4.55. The lowest BCUT2D eigenvalue weighted by Gasteiger charge is -2.32. The summed E-state index contributed by atoms with van der Waals surface area (Å²) in [6.07, 6.45) is 3.62. The zero-order valence-electron chi connectivity index (χ0n) is 11.4. The molecule has 0 amide bonds. The van der Waals surface area contributed by atoms with E-state index in [0.717, 1.165) is 49.0 Å². The Morgan fingerprint density at radius 2 is 2.32 bits per heavy atom. The lowest BCUT2D eigenvalue weighted by atomic mass is 10.1. The van der Waals surface area contributed by atoms with Crippen molar-refractivity contribution in [3.8, 4) is 0 Å². The number of ether oxygens (including phenoxy) is 1. The smallest absolute Gasteiger partial charge is 0.128 e. The van der Waals surface area contributed by atoms with Gasteiger partial charge >= 0.3 is 0 Å². The van der Waals surface area contributed by atoms with Crippen molar-refractivity contribution in [1.82, 2.24) is 4.90 Å². The lowest BCUT2D eigenvalue weighted by molar-refractivity contribution is -0.00247. The topological polar surface area (TPSA) is 12.5 Å². The molecule has 0 N–H and O–H groups in total. The van der Waals surface area contributed by atoms with Crippen LogP contribution in [0.3, 0.4) is 0 Å². The van der Waals surface area contributed by atoms with Crippen molar-refractivity contribution in [3.05, 3.63) is 34.1 Å². The Morgan fingerprint density at radius 1 is 1.47 bits per heavy atom. The molecule has 1 atom stereocenters. The van der Waals surface area contributed by atoms with Crippen molar-refractivity contribution in [3.63, 3.8) is 0 Å². The Balaban J connectivity index is 1.91. The molecule has 0 aliphatic carbocycles. The van der Waals surface area contributed by atoms with Crippen LogP contribution in [0, 0.1) is 5.82 Å². The fourth-order valence-electron chi connectivity index (χ4n) is 2.47. The zero-order chi connectivity index (χ0) is 13.7. The molecule has 19 heavy (non-hydrogen) atoms. The fraction of sp³-hybridized carbons (Fsp3) is 0.600. The van der Waals surface area contributed by atoms with Crippen molar-refractivity contribution in [2.45, 2.75) is 38.8 Å². The van der Waals surface area contributed by atoms with Gasteiger partial charge in [-0.25, -0.2) is 4.39 Å². The molecule has 1 unspecified atom stereocenters. The van der Waals surface area contributed by atoms with Crippen LogP contribution in [0.1, 0.15) is 31.7 Å². The van der Waals surface area contributed by atoms with Crippen LogP contribution in [0.5, 0.6) is 0 Å². The van der Waals surface area contributed by atoms with Gasteiger partial charge in [-0.3, -0.25) is 4.90 Å². The van der Waals surface area contributed by atoms with Crippen LogP contribution in [-0.4, -0.2) is 30.7 Å². The maximum Gasteiger partial charge on any atom is 0.128 e. The average molecular weight is 330 g/mol. The molecule has 0 spiro atoms. The molecule has 1 aliphatic rings. The number of likely N-dealkylation sites (tertiary alicyclic amines) is 1. The highest BCUT2D eigenvalue weighted by Crippen LogP contribution is 2.20. The number of hydrogen-bond acceptors (Lipinski definition) is 2. The number of hydrogen-bond donors (Lipinski definition) is 0. The summed E-state index contributed by atoms with van der Waals surface area (Å²) in [5.41, 5.74) is 0.763. The first-order valence-electron chi connectivity index (χ1n) is 6.97. The zero-order valence-corrected chi connectivity index (χ0v) is 13.0. The molecule has 0 aromatic heterocycles. The van der Waals surface area contributed by atoms with Gasteiger partial charge in [0.2, 0.25) is 0 Å². The number of nitrogens with zero attached hydrogens (tertiary/aromatic N) is 1. The van der Waals surface area contributed by atoms with Crippen LogP contribution < -0.4 is 0 Å². The van der Waals surface area contributed by atoms with Crippen molar-refractivity contribution < 1.29 is 9.13 Å². The standard InChI is InChI=1S/C15H21BrFNO/c1-2-8-19-14-4-3-7-18(11-14)10-12-5-6-13(16)9-15(12)17/h5-6,9,14H,2-4,7-8,10-11H2,1H3. The minimum absolute atomic E-state index is 0.133. The molecule has 1 heterocycles. The molecule has 1 aliphatic heterocycles. The number of benzene rings is 1. The van der Waals surface area contributed by atoms with Gasteiger partial charge in [0.05, 0.1) is 6.10 Å². The molecular formula is C15H21BrFNO. The van der Waals surface area contributed by atoms with E-state index in [2.05, 4.69) is 27.8 Å². The Morgan fingerprint density at radius 3 is 3.05 bits per heavy atom. The second-order valence-corrected chi connectivity index (χ2v) is 6.02. The van der Waals surface area contributed by atoms with Crippen LogP contribution in [0.4, 0.5) is 4.39 Å². The molecule has 0 bridgehead atoms. The second-order valence-electron chi connectivity index (χ2n) is 5.11. The summed E-state index contributed by atoms with van der Waals surface area (Å²) in [6, 6.07) is 5.29. The predicted octanol–water partition coefficient (Wildman–Crippen LogP) is 3.98. The first-order chi connectivity index (χ1) is 9.19. The largest absolute Gasteiger partial charge is 0.377 e.